The summed E-state index contributed by atoms with van der Waals surface area (Å²) >= 11 is 0. The zero-order valence-corrected chi connectivity index (χ0v) is 16.8. The molecular formula is C21H22N6O3. The minimum Gasteiger partial charge on any atom is -0.365 e. The summed E-state index contributed by atoms with van der Waals surface area (Å²) in [6.45, 7) is 3.72. The number of hydrogen-bond donors (Lipinski definition) is 3. The highest BCUT2D eigenvalue weighted by atomic mass is 16.2. The number of hydrogen-bond acceptors (Lipinski definition) is 5. The lowest BCUT2D eigenvalue weighted by Gasteiger charge is -2.18. The van der Waals surface area contributed by atoms with Gasteiger partial charge in [0.25, 0.3) is 5.91 Å². The number of anilines is 2. The summed E-state index contributed by atoms with van der Waals surface area (Å²) in [6, 6.07) is 5.48. The minimum atomic E-state index is -0.576. The summed E-state index contributed by atoms with van der Waals surface area (Å²) in [5.41, 5.74) is 11.0. The molecule has 4 rings (SSSR count). The first-order chi connectivity index (χ1) is 14.3. The molecule has 0 unspecified atom stereocenters. The number of nitrogens with zero attached hydrogens (tertiary/aromatic N) is 3. The van der Waals surface area contributed by atoms with E-state index in [1.165, 1.54) is 6.20 Å². The van der Waals surface area contributed by atoms with Crippen LogP contribution in [0.5, 0.6) is 0 Å². The van der Waals surface area contributed by atoms with Crippen LogP contribution in [0.25, 0.3) is 5.65 Å². The van der Waals surface area contributed by atoms with Crippen molar-refractivity contribution < 1.29 is 14.4 Å². The molecule has 0 saturated heterocycles. The van der Waals surface area contributed by atoms with Gasteiger partial charge in [0.15, 0.2) is 5.65 Å². The molecule has 4 N–H and O–H groups in total. The maximum absolute atomic E-state index is 12.5. The number of primary amides is 1. The summed E-state index contributed by atoms with van der Waals surface area (Å²) < 4.78 is 1.58. The standard InChI is InChI=1S/C21H22N6O3/c1-11-15(12(2)27-21(24-11)16(10-23-27)20(22)30)5-8-18(28)25-14-4-6-17-13(9-14)3-7-19(29)26-17/h4,6,9-10H,3,5,7-8H2,1-2H3,(H2,22,30)(H,25,28)(H,26,29). The van der Waals surface area contributed by atoms with Gasteiger partial charge in [-0.05, 0) is 56.0 Å². The van der Waals surface area contributed by atoms with Gasteiger partial charge in [0.05, 0.1) is 6.20 Å². The normalized spacial score (nSPS) is 13.1. The fourth-order valence-corrected chi connectivity index (χ4v) is 3.77. The van der Waals surface area contributed by atoms with Crippen molar-refractivity contribution in [1.82, 2.24) is 14.6 Å². The minimum absolute atomic E-state index is 0.00994. The Morgan fingerprint density at radius 2 is 2.07 bits per heavy atom. The van der Waals surface area contributed by atoms with Gasteiger partial charge in [-0.1, -0.05) is 0 Å². The van der Waals surface area contributed by atoms with Gasteiger partial charge in [-0.2, -0.15) is 5.10 Å². The highest BCUT2D eigenvalue weighted by Gasteiger charge is 2.18. The maximum atomic E-state index is 12.5. The lowest BCUT2D eigenvalue weighted by molar-refractivity contribution is -0.117. The number of rotatable bonds is 5. The van der Waals surface area contributed by atoms with Gasteiger partial charge >= 0.3 is 0 Å². The van der Waals surface area contributed by atoms with Gasteiger partial charge < -0.3 is 16.4 Å². The Bertz CT molecular complexity index is 1200. The molecule has 1 aromatic carbocycles. The van der Waals surface area contributed by atoms with Crippen LogP contribution in [-0.4, -0.2) is 32.3 Å². The van der Waals surface area contributed by atoms with Gasteiger partial charge in [-0.3, -0.25) is 14.4 Å². The summed E-state index contributed by atoms with van der Waals surface area (Å²) in [4.78, 5) is 40.0. The van der Waals surface area contributed by atoms with Crippen molar-refractivity contribution in [3.8, 4) is 0 Å². The van der Waals surface area contributed by atoms with Crippen molar-refractivity contribution in [2.75, 3.05) is 10.6 Å². The number of carbonyl (C=O) groups is 3. The van der Waals surface area contributed by atoms with Gasteiger partial charge in [-0.25, -0.2) is 9.50 Å². The molecule has 0 atom stereocenters. The van der Waals surface area contributed by atoms with E-state index in [4.69, 9.17) is 5.73 Å². The van der Waals surface area contributed by atoms with Crippen LogP contribution in [0.1, 0.15) is 45.7 Å². The van der Waals surface area contributed by atoms with Gasteiger partial charge in [0, 0.05) is 35.6 Å². The van der Waals surface area contributed by atoms with Crippen LogP contribution in [0, 0.1) is 13.8 Å². The van der Waals surface area contributed by atoms with Gasteiger partial charge in [0.2, 0.25) is 11.8 Å². The fraction of sp³-hybridized carbons (Fsp3) is 0.286. The Balaban J connectivity index is 1.47. The van der Waals surface area contributed by atoms with E-state index < -0.39 is 5.91 Å². The number of fused-ring (bicyclic) bond motifs is 2. The topological polar surface area (TPSA) is 131 Å². The molecule has 3 heterocycles. The SMILES string of the molecule is Cc1nc2c(C(N)=O)cnn2c(C)c1CCC(=O)Nc1ccc2c(c1)CCC(=O)N2. The molecule has 0 bridgehead atoms. The number of carbonyl (C=O) groups excluding carboxylic acids is 3. The number of amides is 3. The molecule has 0 saturated carbocycles. The molecule has 3 aromatic rings. The van der Waals surface area contributed by atoms with E-state index >= 15 is 0 Å². The summed E-state index contributed by atoms with van der Waals surface area (Å²) in [5, 5.41) is 9.95. The average molecular weight is 406 g/mol. The monoisotopic (exact) mass is 406 g/mol. The predicted molar refractivity (Wildman–Crippen MR) is 111 cm³/mol. The van der Waals surface area contributed by atoms with Crippen molar-refractivity contribution >= 4 is 34.7 Å². The quantitative estimate of drug-likeness (QED) is 0.595. The molecule has 1 aliphatic heterocycles. The van der Waals surface area contributed by atoms with Crippen LogP contribution in [0.4, 0.5) is 11.4 Å². The molecular weight excluding hydrogens is 384 g/mol. The smallest absolute Gasteiger partial charge is 0.254 e. The Kier molecular flexibility index (Phi) is 4.94. The molecule has 0 spiro atoms. The van der Waals surface area contributed by atoms with Crippen LogP contribution in [0.3, 0.4) is 0 Å². The third kappa shape index (κ3) is 3.61. The van der Waals surface area contributed by atoms with Crippen LogP contribution in [0.15, 0.2) is 24.4 Å². The summed E-state index contributed by atoms with van der Waals surface area (Å²) in [6.07, 6.45) is 3.27. The largest absolute Gasteiger partial charge is 0.365 e. The lowest BCUT2D eigenvalue weighted by atomic mass is 10.0. The first kappa shape index (κ1) is 19.6. The molecule has 154 valence electrons. The Labute approximate surface area is 172 Å². The van der Waals surface area contributed by atoms with Crippen molar-refractivity contribution in [1.29, 1.82) is 0 Å². The molecule has 2 aromatic heterocycles. The molecule has 0 aliphatic carbocycles. The van der Waals surface area contributed by atoms with Crippen molar-refractivity contribution in [3.63, 3.8) is 0 Å². The van der Waals surface area contributed by atoms with Crippen LogP contribution in [0.2, 0.25) is 0 Å². The zero-order valence-electron chi connectivity index (χ0n) is 16.8. The number of aryl methyl sites for hydroxylation is 3. The second-order valence-corrected chi connectivity index (χ2v) is 7.39. The molecule has 0 radical (unpaired) electrons. The van der Waals surface area contributed by atoms with Crippen molar-refractivity contribution in [2.45, 2.75) is 39.5 Å². The summed E-state index contributed by atoms with van der Waals surface area (Å²) in [7, 11) is 0. The number of nitrogens with two attached hydrogens (primary N) is 1. The highest BCUT2D eigenvalue weighted by Crippen LogP contribution is 2.26. The van der Waals surface area contributed by atoms with Gasteiger partial charge in [-0.15, -0.1) is 0 Å². The third-order valence-corrected chi connectivity index (χ3v) is 5.36. The van der Waals surface area contributed by atoms with E-state index in [1.807, 2.05) is 26.0 Å². The van der Waals surface area contributed by atoms with E-state index in [0.717, 1.165) is 28.2 Å². The van der Waals surface area contributed by atoms with Crippen molar-refractivity contribution in [2.24, 2.45) is 5.73 Å². The molecule has 0 fully saturated rings. The fourth-order valence-electron chi connectivity index (χ4n) is 3.77. The number of benzene rings is 1. The van der Waals surface area contributed by atoms with Crippen molar-refractivity contribution in [3.05, 3.63) is 52.5 Å². The first-order valence-corrected chi connectivity index (χ1v) is 9.69. The van der Waals surface area contributed by atoms with E-state index in [-0.39, 0.29) is 23.8 Å². The molecule has 30 heavy (non-hydrogen) atoms. The molecule has 9 heteroatoms. The Hall–Kier alpha value is -3.75. The second-order valence-electron chi connectivity index (χ2n) is 7.39. The molecule has 9 nitrogen and oxygen atoms in total. The van der Waals surface area contributed by atoms with Crippen LogP contribution < -0.4 is 16.4 Å². The average Bonchev–Trinajstić information content (AvgIpc) is 3.12. The van der Waals surface area contributed by atoms with Crippen LogP contribution >= 0.6 is 0 Å². The van der Waals surface area contributed by atoms with Gasteiger partial charge in [0.1, 0.15) is 5.56 Å². The number of nitrogens with one attached hydrogen (secondary N) is 2. The Morgan fingerprint density at radius 1 is 1.27 bits per heavy atom. The third-order valence-electron chi connectivity index (χ3n) is 5.36. The van der Waals surface area contributed by atoms with Crippen LogP contribution in [-0.2, 0) is 22.4 Å². The Morgan fingerprint density at radius 3 is 2.83 bits per heavy atom. The maximum Gasteiger partial charge on any atom is 0.254 e. The lowest BCUT2D eigenvalue weighted by Crippen LogP contribution is -2.19. The predicted octanol–water partition coefficient (Wildman–Crippen LogP) is 1.90. The molecule has 3 amide bonds. The number of aromatic nitrogens is 3. The van der Waals surface area contributed by atoms with E-state index in [1.54, 1.807) is 10.6 Å². The first-order valence-electron chi connectivity index (χ1n) is 9.69. The van der Waals surface area contributed by atoms with E-state index in [0.29, 0.717) is 30.6 Å². The van der Waals surface area contributed by atoms with E-state index in [2.05, 4.69) is 20.7 Å². The second kappa shape index (κ2) is 7.58. The summed E-state index contributed by atoms with van der Waals surface area (Å²) in [5.74, 6) is -0.684. The molecule has 1 aliphatic rings. The highest BCUT2D eigenvalue weighted by molar-refractivity contribution is 5.98. The zero-order chi connectivity index (χ0) is 21.4. The van der Waals surface area contributed by atoms with E-state index in [9.17, 15) is 14.4 Å².